The smallest absolute Gasteiger partial charge is 0.411 e. The number of carbonyl (C=O) groups excluding carboxylic acids is 2. The third kappa shape index (κ3) is 3.56. The van der Waals surface area contributed by atoms with Crippen molar-refractivity contribution < 1.29 is 14.3 Å². The van der Waals surface area contributed by atoms with Gasteiger partial charge in [-0.2, -0.15) is 0 Å². The number of hydrogen-bond acceptors (Lipinski definition) is 3. The molecule has 0 aliphatic rings. The molecule has 0 aromatic heterocycles. The van der Waals surface area contributed by atoms with Crippen molar-refractivity contribution in [2.24, 2.45) is 0 Å². The predicted octanol–water partition coefficient (Wildman–Crippen LogP) is 3.00. The summed E-state index contributed by atoms with van der Waals surface area (Å²) >= 11 is 3.15. The van der Waals surface area contributed by atoms with E-state index in [1.165, 1.54) is 7.11 Å². The highest BCUT2D eigenvalue weighted by Gasteiger charge is 2.10. The molecule has 1 aromatic rings. The summed E-state index contributed by atoms with van der Waals surface area (Å²) in [7, 11) is 1.30. The zero-order chi connectivity index (χ0) is 12.8. The van der Waals surface area contributed by atoms with Gasteiger partial charge in [0.15, 0.2) is 5.78 Å². The number of methoxy groups -OCH3 is 1. The standard InChI is InChI=1S/C12H14BrNO3/c1-3-8-6-9(14-12(16)17-2)4-5-10(8)11(15)7-13/h4-6H,3,7H2,1-2H3,(H,14,16). The summed E-state index contributed by atoms with van der Waals surface area (Å²) in [6.07, 6.45) is 0.205. The Balaban J connectivity index is 3.00. The van der Waals surface area contributed by atoms with Crippen LogP contribution in [0.3, 0.4) is 0 Å². The molecule has 0 fully saturated rings. The molecular formula is C12H14BrNO3. The molecule has 0 unspecified atom stereocenters. The zero-order valence-electron chi connectivity index (χ0n) is 9.75. The first-order valence-corrected chi connectivity index (χ1v) is 6.31. The highest BCUT2D eigenvalue weighted by Crippen LogP contribution is 2.18. The number of ketones is 1. The van der Waals surface area contributed by atoms with E-state index in [2.05, 4.69) is 26.0 Å². The van der Waals surface area contributed by atoms with Gasteiger partial charge in [0.2, 0.25) is 0 Å². The van der Waals surface area contributed by atoms with Crippen LogP contribution in [0, 0.1) is 0 Å². The van der Waals surface area contributed by atoms with E-state index in [-0.39, 0.29) is 5.78 Å². The normalized spacial score (nSPS) is 9.82. The van der Waals surface area contributed by atoms with E-state index < -0.39 is 6.09 Å². The molecule has 0 atom stereocenters. The predicted molar refractivity (Wildman–Crippen MR) is 70.0 cm³/mol. The molecule has 1 rings (SSSR count). The maximum atomic E-state index is 11.6. The fourth-order valence-electron chi connectivity index (χ4n) is 1.48. The van der Waals surface area contributed by atoms with E-state index >= 15 is 0 Å². The van der Waals surface area contributed by atoms with Crippen LogP contribution in [0.25, 0.3) is 0 Å². The van der Waals surface area contributed by atoms with Crippen LogP contribution < -0.4 is 5.32 Å². The van der Waals surface area contributed by atoms with Crippen LogP contribution in [0.5, 0.6) is 0 Å². The van der Waals surface area contributed by atoms with E-state index in [0.717, 1.165) is 12.0 Å². The van der Waals surface area contributed by atoms with Crippen LogP contribution in [0.1, 0.15) is 22.8 Å². The van der Waals surface area contributed by atoms with Gasteiger partial charge in [-0.25, -0.2) is 4.79 Å². The number of hydrogen-bond donors (Lipinski definition) is 1. The van der Waals surface area contributed by atoms with Gasteiger partial charge in [-0.1, -0.05) is 22.9 Å². The molecule has 0 spiro atoms. The monoisotopic (exact) mass is 299 g/mol. The topological polar surface area (TPSA) is 55.4 Å². The van der Waals surface area contributed by atoms with Gasteiger partial charge in [0.05, 0.1) is 12.4 Å². The highest BCUT2D eigenvalue weighted by molar-refractivity contribution is 9.09. The van der Waals surface area contributed by atoms with Crippen LogP contribution in [0.4, 0.5) is 10.5 Å². The molecule has 0 saturated carbocycles. The SMILES string of the molecule is CCc1cc(NC(=O)OC)ccc1C(=O)CBr. The molecule has 5 heteroatoms. The molecule has 1 N–H and O–H groups in total. The Morgan fingerprint density at radius 3 is 2.65 bits per heavy atom. The number of aryl methyl sites for hydroxylation is 1. The lowest BCUT2D eigenvalue weighted by Crippen LogP contribution is -2.12. The molecule has 17 heavy (non-hydrogen) atoms. The van der Waals surface area contributed by atoms with Crippen molar-refractivity contribution in [2.75, 3.05) is 17.8 Å². The minimum absolute atomic E-state index is 0.0338. The van der Waals surface area contributed by atoms with Crippen molar-refractivity contribution in [3.8, 4) is 0 Å². The zero-order valence-corrected chi connectivity index (χ0v) is 11.3. The van der Waals surface area contributed by atoms with Crippen molar-refractivity contribution in [1.82, 2.24) is 0 Å². The minimum Gasteiger partial charge on any atom is -0.453 e. The summed E-state index contributed by atoms with van der Waals surface area (Å²) in [5.41, 5.74) is 2.21. The van der Waals surface area contributed by atoms with Crippen LogP contribution >= 0.6 is 15.9 Å². The minimum atomic E-state index is -0.522. The molecule has 0 heterocycles. The fourth-order valence-corrected chi connectivity index (χ4v) is 1.78. The Morgan fingerprint density at radius 2 is 2.12 bits per heavy atom. The second-order valence-corrected chi connectivity index (χ2v) is 3.96. The number of halogens is 1. The molecule has 0 radical (unpaired) electrons. The third-order valence-corrected chi connectivity index (χ3v) is 2.85. The van der Waals surface area contributed by atoms with Crippen LogP contribution in [0.15, 0.2) is 18.2 Å². The van der Waals surface area contributed by atoms with Crippen LogP contribution in [0.2, 0.25) is 0 Å². The first-order chi connectivity index (χ1) is 8.12. The molecule has 4 nitrogen and oxygen atoms in total. The summed E-state index contributed by atoms with van der Waals surface area (Å²) in [4.78, 5) is 22.7. The van der Waals surface area contributed by atoms with Crippen LogP contribution in [-0.2, 0) is 11.2 Å². The number of ether oxygens (including phenoxy) is 1. The molecular weight excluding hydrogens is 286 g/mol. The quantitative estimate of drug-likeness (QED) is 0.687. The van der Waals surface area contributed by atoms with Crippen molar-refractivity contribution >= 4 is 33.5 Å². The van der Waals surface area contributed by atoms with Gasteiger partial charge in [-0.05, 0) is 30.2 Å². The largest absolute Gasteiger partial charge is 0.453 e. The lowest BCUT2D eigenvalue weighted by molar-refractivity contribution is 0.102. The van der Waals surface area contributed by atoms with E-state index in [1.54, 1.807) is 18.2 Å². The molecule has 92 valence electrons. The van der Waals surface area contributed by atoms with Gasteiger partial charge in [0.1, 0.15) is 0 Å². The Bertz CT molecular complexity index is 432. The summed E-state index contributed by atoms with van der Waals surface area (Å²) in [5, 5.41) is 2.86. The fraction of sp³-hybridized carbons (Fsp3) is 0.333. The summed E-state index contributed by atoms with van der Waals surface area (Å²) in [6.45, 7) is 1.96. The number of nitrogens with one attached hydrogen (secondary N) is 1. The molecule has 1 amide bonds. The van der Waals surface area contributed by atoms with E-state index in [0.29, 0.717) is 16.6 Å². The van der Waals surface area contributed by atoms with Crippen molar-refractivity contribution in [3.05, 3.63) is 29.3 Å². The van der Waals surface area contributed by atoms with E-state index in [1.807, 2.05) is 6.92 Å². The Morgan fingerprint density at radius 1 is 1.41 bits per heavy atom. The highest BCUT2D eigenvalue weighted by atomic mass is 79.9. The summed E-state index contributed by atoms with van der Waals surface area (Å²) in [6, 6.07) is 5.19. The van der Waals surface area contributed by atoms with Gasteiger partial charge in [-0.15, -0.1) is 0 Å². The summed E-state index contributed by atoms with van der Waals surface area (Å²) < 4.78 is 4.50. The molecule has 0 bridgehead atoms. The lowest BCUT2D eigenvalue weighted by Gasteiger charge is -2.09. The van der Waals surface area contributed by atoms with Gasteiger partial charge in [0, 0.05) is 11.3 Å². The maximum absolute atomic E-state index is 11.6. The second kappa shape index (κ2) is 6.39. The Labute approximate surface area is 108 Å². The molecule has 0 aliphatic carbocycles. The number of amides is 1. The molecule has 0 aliphatic heterocycles. The van der Waals surface area contributed by atoms with Gasteiger partial charge in [-0.3, -0.25) is 10.1 Å². The van der Waals surface area contributed by atoms with Gasteiger partial charge < -0.3 is 4.74 Å². The average molecular weight is 300 g/mol. The maximum Gasteiger partial charge on any atom is 0.411 e. The van der Waals surface area contributed by atoms with Crippen molar-refractivity contribution in [1.29, 1.82) is 0 Å². The first-order valence-electron chi connectivity index (χ1n) is 5.19. The number of benzene rings is 1. The molecule has 0 saturated heterocycles. The van der Waals surface area contributed by atoms with Gasteiger partial charge in [0.25, 0.3) is 0 Å². The Kier molecular flexibility index (Phi) is 5.15. The number of alkyl halides is 1. The first kappa shape index (κ1) is 13.7. The van der Waals surface area contributed by atoms with Crippen molar-refractivity contribution in [2.45, 2.75) is 13.3 Å². The summed E-state index contributed by atoms with van der Waals surface area (Å²) in [5.74, 6) is 0.0338. The second-order valence-electron chi connectivity index (χ2n) is 3.40. The average Bonchev–Trinajstić information content (AvgIpc) is 2.37. The molecule has 1 aromatic carbocycles. The lowest BCUT2D eigenvalue weighted by atomic mass is 10.0. The Hall–Kier alpha value is -1.36. The third-order valence-electron chi connectivity index (χ3n) is 2.34. The van der Waals surface area contributed by atoms with Gasteiger partial charge >= 0.3 is 6.09 Å². The van der Waals surface area contributed by atoms with E-state index in [4.69, 9.17) is 0 Å². The number of carbonyl (C=O) groups is 2. The number of Topliss-reactive ketones (excluding diaryl/α,β-unsaturated/α-hetero) is 1. The van der Waals surface area contributed by atoms with Crippen LogP contribution in [-0.4, -0.2) is 24.3 Å². The van der Waals surface area contributed by atoms with E-state index in [9.17, 15) is 9.59 Å². The number of rotatable bonds is 4. The number of anilines is 1. The van der Waals surface area contributed by atoms with Crippen molar-refractivity contribution in [3.63, 3.8) is 0 Å².